The highest BCUT2D eigenvalue weighted by molar-refractivity contribution is 6.17. The van der Waals surface area contributed by atoms with Crippen LogP contribution in [0.15, 0.2) is 34.7 Å². The minimum absolute atomic E-state index is 0.0383. The quantitative estimate of drug-likeness (QED) is 0.811. The molecule has 3 nitrogen and oxygen atoms in total. The summed E-state index contributed by atoms with van der Waals surface area (Å²) in [5.74, 6) is 0.848. The van der Waals surface area contributed by atoms with Gasteiger partial charge >= 0.3 is 0 Å². The Hall–Kier alpha value is -1.48. The van der Waals surface area contributed by atoms with Gasteiger partial charge in [0.15, 0.2) is 5.76 Å². The van der Waals surface area contributed by atoms with Crippen LogP contribution in [0.25, 0.3) is 11.0 Å². The number of hydrogen-bond donors (Lipinski definition) is 1. The molecule has 0 atom stereocenters. The van der Waals surface area contributed by atoms with Crippen LogP contribution < -0.4 is 5.32 Å². The van der Waals surface area contributed by atoms with Gasteiger partial charge in [0.2, 0.25) is 0 Å². The average molecular weight is 294 g/mol. The molecule has 4 heteroatoms. The zero-order valence-electron chi connectivity index (χ0n) is 11.9. The van der Waals surface area contributed by atoms with Crippen LogP contribution in [0.3, 0.4) is 0 Å². The number of fused-ring (bicyclic) bond motifs is 1. The summed E-state index contributed by atoms with van der Waals surface area (Å²) in [6.45, 7) is 4.86. The second-order valence-corrected chi connectivity index (χ2v) is 6.17. The maximum Gasteiger partial charge on any atom is 0.287 e. The van der Waals surface area contributed by atoms with Crippen molar-refractivity contribution in [3.8, 4) is 0 Å². The number of carbonyl (C=O) groups excluding carboxylic acids is 1. The lowest BCUT2D eigenvalue weighted by Gasteiger charge is -2.24. The van der Waals surface area contributed by atoms with Crippen LogP contribution in [-0.2, 0) is 0 Å². The zero-order valence-corrected chi connectivity index (χ0v) is 12.7. The lowest BCUT2D eigenvalue weighted by molar-refractivity contribution is 0.0909. The second kappa shape index (κ2) is 6.31. The Bertz CT molecular complexity index is 556. The standard InChI is InChI=1S/C16H20ClNO2/c1-16(2,8-5-9-17)11-18-15(19)14-10-12-6-3-4-7-13(12)20-14/h3-4,6-7,10H,5,8-9,11H2,1-2H3,(H,18,19). The molecule has 108 valence electrons. The topological polar surface area (TPSA) is 42.2 Å². The maximum absolute atomic E-state index is 12.1. The van der Waals surface area contributed by atoms with E-state index in [-0.39, 0.29) is 11.3 Å². The summed E-state index contributed by atoms with van der Waals surface area (Å²) >= 11 is 5.71. The third kappa shape index (κ3) is 3.76. The Labute approximate surface area is 124 Å². The molecule has 1 amide bonds. The normalized spacial score (nSPS) is 11.8. The molecule has 0 saturated heterocycles. The van der Waals surface area contributed by atoms with Crippen LogP contribution in [0.2, 0.25) is 0 Å². The van der Waals surface area contributed by atoms with E-state index in [0.717, 1.165) is 23.8 Å². The summed E-state index contributed by atoms with van der Waals surface area (Å²) in [7, 11) is 0. The average Bonchev–Trinajstić information content (AvgIpc) is 2.86. The number of alkyl halides is 1. The molecule has 2 aromatic rings. The van der Waals surface area contributed by atoms with Crippen LogP contribution in [0.1, 0.15) is 37.2 Å². The fourth-order valence-electron chi connectivity index (χ4n) is 2.13. The van der Waals surface area contributed by atoms with Crippen LogP contribution in [-0.4, -0.2) is 18.3 Å². The first-order valence-corrected chi connectivity index (χ1v) is 7.38. The SMILES string of the molecule is CC(C)(CCCCl)CNC(=O)c1cc2ccccc2o1. The minimum atomic E-state index is -0.167. The van der Waals surface area contributed by atoms with E-state index in [1.165, 1.54) is 0 Å². The van der Waals surface area contributed by atoms with Crippen molar-refractivity contribution in [1.82, 2.24) is 5.32 Å². The zero-order chi connectivity index (χ0) is 14.6. The number of hydrogen-bond acceptors (Lipinski definition) is 2. The van der Waals surface area contributed by atoms with Gasteiger partial charge in [0, 0.05) is 17.8 Å². The van der Waals surface area contributed by atoms with Crippen molar-refractivity contribution in [1.29, 1.82) is 0 Å². The van der Waals surface area contributed by atoms with Crippen molar-refractivity contribution in [2.75, 3.05) is 12.4 Å². The van der Waals surface area contributed by atoms with Crippen LogP contribution >= 0.6 is 11.6 Å². The lowest BCUT2D eigenvalue weighted by atomic mass is 9.88. The predicted molar refractivity (Wildman–Crippen MR) is 82.3 cm³/mol. The van der Waals surface area contributed by atoms with E-state index in [2.05, 4.69) is 19.2 Å². The summed E-state index contributed by atoms with van der Waals surface area (Å²) in [6, 6.07) is 9.38. The van der Waals surface area contributed by atoms with Gasteiger partial charge in [0.25, 0.3) is 5.91 Å². The van der Waals surface area contributed by atoms with Crippen molar-refractivity contribution in [3.63, 3.8) is 0 Å². The third-order valence-electron chi connectivity index (χ3n) is 3.36. The van der Waals surface area contributed by atoms with Crippen molar-refractivity contribution < 1.29 is 9.21 Å². The summed E-state index contributed by atoms with van der Waals surface area (Å²) in [5.41, 5.74) is 0.773. The molecule has 0 aliphatic heterocycles. The smallest absolute Gasteiger partial charge is 0.287 e. The molecule has 1 aromatic heterocycles. The van der Waals surface area contributed by atoms with Crippen molar-refractivity contribution in [3.05, 3.63) is 36.1 Å². The number of para-hydroxylation sites is 1. The molecule has 2 rings (SSSR count). The van der Waals surface area contributed by atoms with E-state index in [1.807, 2.05) is 24.3 Å². The molecule has 1 aromatic carbocycles. The van der Waals surface area contributed by atoms with E-state index in [1.54, 1.807) is 6.07 Å². The highest BCUT2D eigenvalue weighted by Gasteiger charge is 2.20. The summed E-state index contributed by atoms with van der Waals surface area (Å²) < 4.78 is 5.54. The molecule has 1 heterocycles. The molecular weight excluding hydrogens is 274 g/mol. The monoisotopic (exact) mass is 293 g/mol. The van der Waals surface area contributed by atoms with E-state index < -0.39 is 0 Å². The number of benzene rings is 1. The fraction of sp³-hybridized carbons (Fsp3) is 0.438. The van der Waals surface area contributed by atoms with Crippen molar-refractivity contribution in [2.24, 2.45) is 5.41 Å². The molecule has 20 heavy (non-hydrogen) atoms. The van der Waals surface area contributed by atoms with Gasteiger partial charge in [-0.25, -0.2) is 0 Å². The second-order valence-electron chi connectivity index (χ2n) is 5.79. The fourth-order valence-corrected chi connectivity index (χ4v) is 2.27. The van der Waals surface area contributed by atoms with Gasteiger partial charge in [-0.1, -0.05) is 32.0 Å². The van der Waals surface area contributed by atoms with Crippen molar-refractivity contribution >= 4 is 28.5 Å². The Kier molecular flexibility index (Phi) is 4.71. The molecular formula is C16H20ClNO2. The minimum Gasteiger partial charge on any atom is -0.451 e. The molecule has 0 radical (unpaired) electrons. The van der Waals surface area contributed by atoms with Gasteiger partial charge in [0.1, 0.15) is 5.58 Å². The third-order valence-corrected chi connectivity index (χ3v) is 3.63. The molecule has 0 aliphatic rings. The number of halogens is 1. The molecule has 0 fully saturated rings. The predicted octanol–water partition coefficient (Wildman–Crippen LogP) is 4.21. The Morgan fingerprint density at radius 1 is 1.35 bits per heavy atom. The van der Waals surface area contributed by atoms with Gasteiger partial charge in [-0.2, -0.15) is 0 Å². The van der Waals surface area contributed by atoms with Gasteiger partial charge in [0.05, 0.1) is 0 Å². The highest BCUT2D eigenvalue weighted by Crippen LogP contribution is 2.22. The number of rotatable bonds is 6. The Balaban J connectivity index is 1.98. The molecule has 0 aliphatic carbocycles. The first kappa shape index (κ1) is 14.9. The summed E-state index contributed by atoms with van der Waals surface area (Å²) in [5, 5.41) is 3.88. The largest absolute Gasteiger partial charge is 0.451 e. The van der Waals surface area contributed by atoms with Crippen molar-refractivity contribution in [2.45, 2.75) is 26.7 Å². The first-order valence-electron chi connectivity index (χ1n) is 6.84. The lowest BCUT2D eigenvalue weighted by Crippen LogP contribution is -2.33. The van der Waals surface area contributed by atoms with Crippen LogP contribution in [0.5, 0.6) is 0 Å². The van der Waals surface area contributed by atoms with Gasteiger partial charge in [-0.05, 0) is 30.4 Å². The van der Waals surface area contributed by atoms with Gasteiger partial charge in [-0.3, -0.25) is 4.79 Å². The van der Waals surface area contributed by atoms with Gasteiger partial charge < -0.3 is 9.73 Å². The van der Waals surface area contributed by atoms with E-state index >= 15 is 0 Å². The number of furan rings is 1. The molecule has 0 bridgehead atoms. The number of amides is 1. The number of carbonyl (C=O) groups is 1. The van der Waals surface area contributed by atoms with E-state index in [9.17, 15) is 4.79 Å². The van der Waals surface area contributed by atoms with Crippen LogP contribution in [0.4, 0.5) is 0 Å². The molecule has 0 unspecified atom stereocenters. The van der Waals surface area contributed by atoms with Gasteiger partial charge in [-0.15, -0.1) is 11.6 Å². The Morgan fingerprint density at radius 3 is 2.80 bits per heavy atom. The molecule has 1 N–H and O–H groups in total. The maximum atomic E-state index is 12.1. The number of nitrogens with one attached hydrogen (secondary N) is 1. The van der Waals surface area contributed by atoms with E-state index in [0.29, 0.717) is 18.2 Å². The van der Waals surface area contributed by atoms with Crippen LogP contribution in [0, 0.1) is 5.41 Å². The highest BCUT2D eigenvalue weighted by atomic mass is 35.5. The van der Waals surface area contributed by atoms with E-state index in [4.69, 9.17) is 16.0 Å². The molecule has 0 spiro atoms. The summed E-state index contributed by atoms with van der Waals surface area (Å²) in [4.78, 5) is 12.1. The Morgan fingerprint density at radius 2 is 2.10 bits per heavy atom. The molecule has 0 saturated carbocycles. The summed E-state index contributed by atoms with van der Waals surface area (Å²) in [6.07, 6.45) is 1.94. The first-order chi connectivity index (χ1) is 9.52.